The van der Waals surface area contributed by atoms with Crippen LogP contribution in [-0.4, -0.2) is 21.5 Å². The molecule has 9 heteroatoms. The third-order valence-corrected chi connectivity index (χ3v) is 6.44. The maximum absolute atomic E-state index is 13.8. The largest absolute Gasteiger partial charge is 0.435 e. The number of hydrogen-bond acceptors (Lipinski definition) is 3. The third kappa shape index (κ3) is 4.68. The van der Waals surface area contributed by atoms with Crippen molar-refractivity contribution >= 4 is 34.3 Å². The summed E-state index contributed by atoms with van der Waals surface area (Å²) in [6.07, 6.45) is -4.11. The van der Waals surface area contributed by atoms with Gasteiger partial charge in [0.1, 0.15) is 0 Å². The van der Waals surface area contributed by atoms with Gasteiger partial charge >= 0.3 is 6.18 Å². The molecule has 1 aromatic heterocycles. The lowest BCUT2D eigenvalue weighted by molar-refractivity contribution is -0.141. The van der Waals surface area contributed by atoms with Gasteiger partial charge in [0.15, 0.2) is 11.5 Å². The Morgan fingerprint density at radius 3 is 2.42 bits per heavy atom. The number of primary amides is 1. The summed E-state index contributed by atoms with van der Waals surface area (Å²) in [7, 11) is 0. The van der Waals surface area contributed by atoms with Crippen molar-refractivity contribution in [1.29, 1.82) is 0 Å². The summed E-state index contributed by atoms with van der Waals surface area (Å²) in [5.74, 6) is -1.19. The second-order valence-electron chi connectivity index (χ2n) is 9.03. The van der Waals surface area contributed by atoms with Crippen LogP contribution >= 0.6 is 22.6 Å². The molecule has 0 spiro atoms. The van der Waals surface area contributed by atoms with E-state index in [9.17, 15) is 22.8 Å². The first-order valence-electron chi connectivity index (χ1n) is 10.3. The van der Waals surface area contributed by atoms with E-state index in [4.69, 9.17) is 5.73 Å². The summed E-state index contributed by atoms with van der Waals surface area (Å²) < 4.78 is 43.5. The molecule has 0 unspecified atom stereocenters. The highest BCUT2D eigenvalue weighted by Gasteiger charge is 2.45. The number of hydrogen-bond donors (Lipinski definition) is 1. The molecule has 0 saturated heterocycles. The summed E-state index contributed by atoms with van der Waals surface area (Å²) in [5.41, 5.74) is 5.87. The van der Waals surface area contributed by atoms with Crippen molar-refractivity contribution < 1.29 is 22.8 Å². The standard InChI is InChI=1S/C24H21F3IN3O2/c1-23(2)11-18-20(19(32)12-23)21(24(25,26)27)30-31(18)16-7-8-17(22(29)33)14(10-16)9-13-3-5-15(28)6-4-13/h3-8,10H,9,11-12H2,1-2H3,(H2,29,33)/i28+4. The Labute approximate surface area is 202 Å². The highest BCUT2D eigenvalue weighted by atomic mass is 131. The zero-order valence-electron chi connectivity index (χ0n) is 18.0. The van der Waals surface area contributed by atoms with Crippen molar-refractivity contribution in [2.45, 2.75) is 39.3 Å². The number of nitrogens with two attached hydrogens (primary N) is 1. The Hall–Kier alpha value is -2.69. The third-order valence-electron chi connectivity index (χ3n) is 5.72. The number of benzene rings is 2. The van der Waals surface area contributed by atoms with E-state index < -0.39 is 29.0 Å². The molecule has 3 aromatic rings. The minimum atomic E-state index is -4.76. The Kier molecular flexibility index (Phi) is 5.88. The van der Waals surface area contributed by atoms with E-state index in [0.717, 1.165) is 9.13 Å². The molecular weight excluding hydrogens is 550 g/mol. The van der Waals surface area contributed by atoms with E-state index >= 15 is 0 Å². The zero-order chi connectivity index (χ0) is 24.1. The van der Waals surface area contributed by atoms with E-state index in [2.05, 4.69) is 27.7 Å². The molecule has 33 heavy (non-hydrogen) atoms. The number of ketones is 1. The zero-order valence-corrected chi connectivity index (χ0v) is 20.1. The van der Waals surface area contributed by atoms with Crippen molar-refractivity contribution in [3.05, 3.63) is 79.7 Å². The first-order chi connectivity index (χ1) is 15.4. The number of aromatic nitrogens is 2. The number of carbonyl (C=O) groups is 2. The van der Waals surface area contributed by atoms with Gasteiger partial charge in [-0.15, -0.1) is 0 Å². The monoisotopic (exact) mass is 571 g/mol. The Morgan fingerprint density at radius 2 is 1.82 bits per heavy atom. The second kappa shape index (κ2) is 8.27. The van der Waals surface area contributed by atoms with Gasteiger partial charge < -0.3 is 5.73 Å². The summed E-state index contributed by atoms with van der Waals surface area (Å²) in [5, 5.41) is 3.84. The van der Waals surface area contributed by atoms with Gasteiger partial charge in [0, 0.05) is 15.6 Å². The quantitative estimate of drug-likeness (QED) is 0.430. The number of carbonyl (C=O) groups excluding carboxylic acids is 2. The van der Waals surface area contributed by atoms with Crippen LogP contribution in [0.4, 0.5) is 13.2 Å². The minimum absolute atomic E-state index is 0.0213. The summed E-state index contributed by atoms with van der Waals surface area (Å²) >= 11 is 2.19. The Balaban J connectivity index is 1.88. The highest BCUT2D eigenvalue weighted by Crippen LogP contribution is 2.42. The van der Waals surface area contributed by atoms with Crippen molar-refractivity contribution in [2.75, 3.05) is 0 Å². The Bertz CT molecular complexity index is 1260. The van der Waals surface area contributed by atoms with Crippen LogP contribution < -0.4 is 5.73 Å². The molecule has 0 atom stereocenters. The first kappa shape index (κ1) is 23.5. The van der Waals surface area contributed by atoms with Crippen LogP contribution in [0.25, 0.3) is 5.69 Å². The van der Waals surface area contributed by atoms with Crippen LogP contribution in [0.3, 0.4) is 0 Å². The number of rotatable bonds is 4. The molecule has 1 aliphatic rings. The van der Waals surface area contributed by atoms with E-state index in [0.29, 0.717) is 17.7 Å². The molecule has 2 N–H and O–H groups in total. The van der Waals surface area contributed by atoms with Crippen molar-refractivity contribution in [1.82, 2.24) is 9.78 Å². The normalized spacial score (nSPS) is 15.4. The second-order valence-corrected chi connectivity index (χ2v) is 10.3. The maximum atomic E-state index is 13.8. The van der Waals surface area contributed by atoms with E-state index in [-0.39, 0.29) is 29.7 Å². The lowest BCUT2D eigenvalue weighted by atomic mass is 9.75. The van der Waals surface area contributed by atoms with E-state index in [1.165, 1.54) is 16.8 Å². The number of amides is 1. The van der Waals surface area contributed by atoms with Crippen LogP contribution in [0.2, 0.25) is 0 Å². The molecule has 5 nitrogen and oxygen atoms in total. The van der Waals surface area contributed by atoms with Gasteiger partial charge in [-0.3, -0.25) is 9.59 Å². The van der Waals surface area contributed by atoms with Crippen molar-refractivity contribution in [3.8, 4) is 5.69 Å². The van der Waals surface area contributed by atoms with Gasteiger partial charge in [0.2, 0.25) is 5.91 Å². The van der Waals surface area contributed by atoms with Gasteiger partial charge in [-0.1, -0.05) is 26.0 Å². The highest BCUT2D eigenvalue weighted by molar-refractivity contribution is 14.1. The molecule has 0 saturated carbocycles. The maximum Gasteiger partial charge on any atom is 0.435 e. The summed E-state index contributed by atoms with van der Waals surface area (Å²) in [6, 6.07) is 12.3. The smallest absolute Gasteiger partial charge is 0.366 e. The molecule has 172 valence electrons. The fourth-order valence-corrected chi connectivity index (χ4v) is 4.64. The molecule has 2 aromatic carbocycles. The SMILES string of the molecule is CC1(C)CC(=O)c2c(C(F)(F)F)nn(-c3ccc(C(N)=O)c(Cc4ccc([131I])cc4)c3)c2C1. The molecule has 0 fully saturated rings. The molecule has 0 aliphatic heterocycles. The summed E-state index contributed by atoms with van der Waals surface area (Å²) in [4.78, 5) is 24.7. The molecule has 1 amide bonds. The molecule has 1 heterocycles. The van der Waals surface area contributed by atoms with Crippen LogP contribution in [0.15, 0.2) is 42.5 Å². The van der Waals surface area contributed by atoms with Gasteiger partial charge in [-0.25, -0.2) is 4.68 Å². The number of fused-ring (bicyclic) bond motifs is 1. The van der Waals surface area contributed by atoms with Crippen LogP contribution in [-0.2, 0) is 19.0 Å². The number of halogens is 4. The molecular formula is C24H21F3IN3O2. The molecule has 4 rings (SSSR count). The Morgan fingerprint density at radius 1 is 1.15 bits per heavy atom. The van der Waals surface area contributed by atoms with Gasteiger partial charge in [0.05, 0.1) is 16.9 Å². The van der Waals surface area contributed by atoms with Gasteiger partial charge in [-0.05, 0) is 82.3 Å². The van der Waals surface area contributed by atoms with E-state index in [1.54, 1.807) is 6.07 Å². The van der Waals surface area contributed by atoms with Crippen LogP contribution in [0.1, 0.15) is 63.5 Å². The van der Waals surface area contributed by atoms with Crippen LogP contribution in [0, 0.1) is 8.99 Å². The lowest BCUT2D eigenvalue weighted by Crippen LogP contribution is -2.29. The van der Waals surface area contributed by atoms with Crippen molar-refractivity contribution in [3.63, 3.8) is 0 Å². The average molecular weight is 571 g/mol. The summed E-state index contributed by atoms with van der Waals surface area (Å²) in [6.45, 7) is 3.69. The predicted octanol–water partition coefficient (Wildman–Crippen LogP) is 5.34. The molecule has 0 bridgehead atoms. The van der Waals surface area contributed by atoms with Crippen LogP contribution in [0.5, 0.6) is 0 Å². The minimum Gasteiger partial charge on any atom is -0.366 e. The fourth-order valence-electron chi connectivity index (χ4n) is 4.28. The molecule has 0 radical (unpaired) electrons. The number of nitrogens with zero attached hydrogens (tertiary/aromatic N) is 2. The number of alkyl halides is 3. The topological polar surface area (TPSA) is 78.0 Å². The molecule has 1 aliphatic carbocycles. The number of Topliss-reactive ketones (excluding diaryl/α,β-unsaturated/α-hetero) is 1. The van der Waals surface area contributed by atoms with Gasteiger partial charge in [0.25, 0.3) is 0 Å². The first-order valence-corrected chi connectivity index (χ1v) is 11.3. The van der Waals surface area contributed by atoms with E-state index in [1.807, 2.05) is 38.1 Å². The predicted molar refractivity (Wildman–Crippen MR) is 125 cm³/mol. The fraction of sp³-hybridized carbons (Fsp3) is 0.292. The average Bonchev–Trinajstić information content (AvgIpc) is 3.08. The van der Waals surface area contributed by atoms with Gasteiger partial charge in [-0.2, -0.15) is 18.3 Å². The lowest BCUT2D eigenvalue weighted by Gasteiger charge is -2.29. The van der Waals surface area contributed by atoms with Crippen molar-refractivity contribution in [2.24, 2.45) is 11.1 Å².